The van der Waals surface area contributed by atoms with Gasteiger partial charge in [0.1, 0.15) is 12.4 Å². The molecule has 3 aromatic carbocycles. The first kappa shape index (κ1) is 24.5. The molecule has 174 valence electrons. The monoisotopic (exact) mass is 445 g/mol. The van der Waals surface area contributed by atoms with Crippen LogP contribution in [-0.4, -0.2) is 34.6 Å². The zero-order valence-electron chi connectivity index (χ0n) is 20.1. The minimum atomic E-state index is -0.352. The second-order valence-electron chi connectivity index (χ2n) is 9.01. The smallest absolute Gasteiger partial charge is 0.338 e. The van der Waals surface area contributed by atoms with Crippen molar-refractivity contribution in [2.24, 2.45) is 0 Å². The summed E-state index contributed by atoms with van der Waals surface area (Å²) in [6.07, 6.45) is 0.876. The van der Waals surface area contributed by atoms with Crippen molar-refractivity contribution in [3.63, 3.8) is 0 Å². The maximum Gasteiger partial charge on any atom is 0.338 e. The Hall–Kier alpha value is -3.11. The lowest BCUT2D eigenvalue weighted by atomic mass is 9.86. The van der Waals surface area contributed by atoms with Crippen LogP contribution >= 0.6 is 0 Å². The highest BCUT2D eigenvalue weighted by molar-refractivity contribution is 5.89. The van der Waals surface area contributed by atoms with Gasteiger partial charge in [-0.15, -0.1) is 0 Å². The summed E-state index contributed by atoms with van der Waals surface area (Å²) in [5, 5.41) is 10.8. The summed E-state index contributed by atoms with van der Waals surface area (Å²) in [6.45, 7) is 9.95. The summed E-state index contributed by atoms with van der Waals surface area (Å²) in [6, 6.07) is 25.7. The number of ether oxygens (including phenoxy) is 1. The second-order valence-corrected chi connectivity index (χ2v) is 9.01. The Labute approximate surface area is 197 Å². The number of phenols is 1. The van der Waals surface area contributed by atoms with Crippen LogP contribution in [0.2, 0.25) is 0 Å². The van der Waals surface area contributed by atoms with Crippen LogP contribution in [0, 0.1) is 0 Å². The molecule has 0 aliphatic heterocycles. The summed E-state index contributed by atoms with van der Waals surface area (Å²) in [4.78, 5) is 14.8. The highest BCUT2D eigenvalue weighted by Gasteiger charge is 2.22. The minimum Gasteiger partial charge on any atom is -0.508 e. The molecule has 4 nitrogen and oxygen atoms in total. The van der Waals surface area contributed by atoms with Crippen LogP contribution in [0.15, 0.2) is 78.9 Å². The molecule has 0 heterocycles. The third kappa shape index (κ3) is 6.69. The fraction of sp³-hybridized carbons (Fsp3) is 0.345. The highest BCUT2D eigenvalue weighted by Crippen LogP contribution is 2.35. The molecule has 1 unspecified atom stereocenters. The van der Waals surface area contributed by atoms with E-state index in [1.807, 2.05) is 48.5 Å². The lowest BCUT2D eigenvalue weighted by Crippen LogP contribution is -2.38. The maximum atomic E-state index is 12.4. The van der Waals surface area contributed by atoms with Gasteiger partial charge in [0.15, 0.2) is 0 Å². The van der Waals surface area contributed by atoms with E-state index in [0.717, 1.165) is 24.1 Å². The Bertz CT molecular complexity index is 1010. The van der Waals surface area contributed by atoms with E-state index >= 15 is 0 Å². The summed E-state index contributed by atoms with van der Waals surface area (Å²) in [5.74, 6) is -0.0482. The molecule has 0 aliphatic rings. The molecule has 0 fully saturated rings. The molecular formula is C29H35NO3. The molecule has 0 amide bonds. The Balaban J connectivity index is 1.83. The SMILES string of the molecule is CC(C)N(CCC(c1ccccc1)c1cc(COC(=O)c2ccccc2)ccc1O)C(C)C. The van der Waals surface area contributed by atoms with Crippen molar-refractivity contribution in [1.29, 1.82) is 0 Å². The van der Waals surface area contributed by atoms with Crippen LogP contribution in [0.1, 0.15) is 67.1 Å². The van der Waals surface area contributed by atoms with Crippen LogP contribution in [0.3, 0.4) is 0 Å². The van der Waals surface area contributed by atoms with E-state index in [-0.39, 0.29) is 24.2 Å². The molecule has 0 radical (unpaired) electrons. The van der Waals surface area contributed by atoms with E-state index in [0.29, 0.717) is 17.6 Å². The first-order valence-electron chi connectivity index (χ1n) is 11.7. The van der Waals surface area contributed by atoms with Gasteiger partial charge >= 0.3 is 5.97 Å². The van der Waals surface area contributed by atoms with E-state index in [4.69, 9.17) is 4.74 Å². The number of rotatable bonds is 10. The molecule has 33 heavy (non-hydrogen) atoms. The molecule has 4 heteroatoms. The number of carbonyl (C=O) groups is 1. The van der Waals surface area contributed by atoms with Gasteiger partial charge in [0.05, 0.1) is 5.56 Å². The summed E-state index contributed by atoms with van der Waals surface area (Å²) in [7, 11) is 0. The van der Waals surface area contributed by atoms with Crippen molar-refractivity contribution in [2.45, 2.75) is 58.7 Å². The summed E-state index contributed by atoms with van der Waals surface area (Å²) < 4.78 is 5.53. The molecule has 3 aromatic rings. The van der Waals surface area contributed by atoms with E-state index < -0.39 is 0 Å². The summed E-state index contributed by atoms with van der Waals surface area (Å²) >= 11 is 0. The van der Waals surface area contributed by atoms with Gasteiger partial charge in [0, 0.05) is 23.6 Å². The third-order valence-electron chi connectivity index (χ3n) is 6.05. The van der Waals surface area contributed by atoms with Gasteiger partial charge in [0.25, 0.3) is 0 Å². The van der Waals surface area contributed by atoms with Gasteiger partial charge in [-0.25, -0.2) is 4.79 Å². The molecule has 0 aromatic heterocycles. The number of esters is 1. The maximum absolute atomic E-state index is 12.4. The summed E-state index contributed by atoms with van der Waals surface area (Å²) in [5.41, 5.74) is 3.42. The topological polar surface area (TPSA) is 49.8 Å². The minimum absolute atomic E-state index is 0.0379. The number of nitrogens with zero attached hydrogens (tertiary/aromatic N) is 1. The number of hydrogen-bond acceptors (Lipinski definition) is 4. The van der Waals surface area contributed by atoms with Crippen LogP contribution < -0.4 is 0 Å². The molecular weight excluding hydrogens is 410 g/mol. The Kier molecular flexibility index (Phi) is 8.67. The van der Waals surface area contributed by atoms with E-state index in [2.05, 4.69) is 44.7 Å². The molecule has 0 spiro atoms. The molecule has 0 aliphatic carbocycles. The van der Waals surface area contributed by atoms with Gasteiger partial charge in [-0.3, -0.25) is 4.90 Å². The highest BCUT2D eigenvalue weighted by atomic mass is 16.5. The first-order valence-corrected chi connectivity index (χ1v) is 11.7. The lowest BCUT2D eigenvalue weighted by molar-refractivity contribution is 0.0472. The second kappa shape index (κ2) is 11.7. The van der Waals surface area contributed by atoms with E-state index in [1.54, 1.807) is 18.2 Å². The number of benzene rings is 3. The zero-order valence-corrected chi connectivity index (χ0v) is 20.1. The van der Waals surface area contributed by atoms with E-state index in [1.165, 1.54) is 5.56 Å². The Morgan fingerprint density at radius 1 is 0.879 bits per heavy atom. The zero-order chi connectivity index (χ0) is 23.8. The molecule has 1 N–H and O–H groups in total. The molecule has 0 saturated heterocycles. The van der Waals surface area contributed by atoms with Crippen molar-refractivity contribution in [3.8, 4) is 5.75 Å². The van der Waals surface area contributed by atoms with Gasteiger partial charge in [0.2, 0.25) is 0 Å². The van der Waals surface area contributed by atoms with Crippen molar-refractivity contribution in [2.75, 3.05) is 6.54 Å². The van der Waals surface area contributed by atoms with Crippen LogP contribution in [0.5, 0.6) is 5.75 Å². The lowest BCUT2D eigenvalue weighted by Gasteiger charge is -2.32. The molecule has 0 bridgehead atoms. The van der Waals surface area contributed by atoms with Gasteiger partial charge < -0.3 is 9.84 Å². The number of carbonyl (C=O) groups excluding carboxylic acids is 1. The quantitative estimate of drug-likeness (QED) is 0.367. The van der Waals surface area contributed by atoms with Crippen molar-refractivity contribution < 1.29 is 14.6 Å². The van der Waals surface area contributed by atoms with Crippen LogP contribution in [-0.2, 0) is 11.3 Å². The number of aromatic hydroxyl groups is 1. The number of hydrogen-bond donors (Lipinski definition) is 1. The van der Waals surface area contributed by atoms with Crippen molar-refractivity contribution in [3.05, 3.63) is 101 Å². The molecule has 1 atom stereocenters. The third-order valence-corrected chi connectivity index (χ3v) is 6.05. The normalized spacial score (nSPS) is 12.3. The van der Waals surface area contributed by atoms with E-state index in [9.17, 15) is 9.90 Å². The van der Waals surface area contributed by atoms with Crippen LogP contribution in [0.25, 0.3) is 0 Å². The Morgan fingerprint density at radius 2 is 1.48 bits per heavy atom. The molecule has 0 saturated carbocycles. The standard InChI is InChI=1S/C29H35NO3/c1-21(2)30(22(3)4)18-17-26(24-11-7-5-8-12-24)27-19-23(15-16-28(27)31)20-33-29(32)25-13-9-6-10-14-25/h5-16,19,21-22,26,31H,17-18,20H2,1-4H3. The fourth-order valence-electron chi connectivity index (χ4n) is 4.36. The predicted molar refractivity (Wildman–Crippen MR) is 134 cm³/mol. The average Bonchev–Trinajstić information content (AvgIpc) is 2.82. The molecule has 3 rings (SSSR count). The predicted octanol–water partition coefficient (Wildman–Crippen LogP) is 6.39. The van der Waals surface area contributed by atoms with Gasteiger partial charge in [-0.2, -0.15) is 0 Å². The van der Waals surface area contributed by atoms with Gasteiger partial charge in [-0.1, -0.05) is 54.6 Å². The largest absolute Gasteiger partial charge is 0.508 e. The van der Waals surface area contributed by atoms with Crippen molar-refractivity contribution in [1.82, 2.24) is 4.90 Å². The fourth-order valence-corrected chi connectivity index (χ4v) is 4.36. The Morgan fingerprint density at radius 3 is 2.09 bits per heavy atom. The van der Waals surface area contributed by atoms with Crippen molar-refractivity contribution >= 4 is 5.97 Å². The average molecular weight is 446 g/mol. The van der Waals surface area contributed by atoms with Gasteiger partial charge in [-0.05, 0) is 76.1 Å². The first-order chi connectivity index (χ1) is 15.9. The number of phenolic OH excluding ortho intramolecular Hbond substituents is 1. The van der Waals surface area contributed by atoms with Crippen LogP contribution in [0.4, 0.5) is 0 Å².